The second-order valence-electron chi connectivity index (χ2n) is 7.90. The third kappa shape index (κ3) is 4.79. The van der Waals surface area contributed by atoms with Crippen LogP contribution in [-0.4, -0.2) is 24.6 Å². The van der Waals surface area contributed by atoms with Crippen molar-refractivity contribution in [1.29, 1.82) is 0 Å². The van der Waals surface area contributed by atoms with Crippen molar-refractivity contribution in [3.8, 4) is 5.75 Å². The number of anilines is 1. The summed E-state index contributed by atoms with van der Waals surface area (Å²) in [5.41, 5.74) is 2.88. The largest absolute Gasteiger partial charge is 0.493 e. The third-order valence-electron chi connectivity index (χ3n) is 5.55. The molecule has 1 amide bonds. The Labute approximate surface area is 183 Å². The number of allylic oxidation sites excluding steroid dienone is 1. The molecule has 2 aliphatic rings. The molecular formula is C24H22F3NO4. The molecule has 0 aromatic heterocycles. The van der Waals surface area contributed by atoms with Crippen LogP contribution in [-0.2, 0) is 33.3 Å². The van der Waals surface area contributed by atoms with Crippen LogP contribution in [0.4, 0.5) is 18.9 Å². The fraction of sp³-hybridized carbons (Fsp3) is 0.333. The minimum Gasteiger partial charge on any atom is -0.493 e. The van der Waals surface area contributed by atoms with Crippen molar-refractivity contribution in [1.82, 2.24) is 0 Å². The lowest BCUT2D eigenvalue weighted by atomic mass is 9.99. The number of amides is 1. The topological polar surface area (TPSA) is 64.6 Å². The first-order valence-corrected chi connectivity index (χ1v) is 10.3. The first kappa shape index (κ1) is 21.9. The summed E-state index contributed by atoms with van der Waals surface area (Å²) < 4.78 is 50.0. The van der Waals surface area contributed by atoms with E-state index in [9.17, 15) is 22.8 Å². The molecule has 0 saturated carbocycles. The average Bonchev–Trinajstić information content (AvgIpc) is 3.01. The molecule has 4 rings (SSSR count). The number of nitrogens with one attached hydrogen (secondary N) is 1. The maximum Gasteiger partial charge on any atom is 0.416 e. The number of ether oxygens (including phenoxy) is 2. The van der Waals surface area contributed by atoms with Crippen LogP contribution in [0.15, 0.2) is 42.5 Å². The summed E-state index contributed by atoms with van der Waals surface area (Å²) in [5, 5.41) is 2.87. The molecule has 0 fully saturated rings. The number of fused-ring (bicyclic) bond motifs is 2. The molecule has 1 unspecified atom stereocenters. The number of esters is 1. The fourth-order valence-electron chi connectivity index (χ4n) is 4.19. The molecular weight excluding hydrogens is 423 g/mol. The van der Waals surface area contributed by atoms with E-state index in [1.54, 1.807) is 6.07 Å². The Kier molecular flexibility index (Phi) is 5.95. The maximum absolute atomic E-state index is 13.1. The van der Waals surface area contributed by atoms with Crippen LogP contribution in [0.25, 0.3) is 5.57 Å². The van der Waals surface area contributed by atoms with Crippen LogP contribution in [0.3, 0.4) is 0 Å². The summed E-state index contributed by atoms with van der Waals surface area (Å²) in [7, 11) is 0. The quantitative estimate of drug-likeness (QED) is 0.538. The molecule has 0 radical (unpaired) electrons. The Morgan fingerprint density at radius 2 is 2.00 bits per heavy atom. The highest BCUT2D eigenvalue weighted by Gasteiger charge is 2.32. The standard InChI is InChI=1S/C24H22F3NO4/c1-14(29)32-18-10-15-4-2-6-21(20(15)13-18)28-23(30)11-16-5-3-9-31-22-12-17(24(25,26)27)7-8-19(16)22/h2,4,6-8,11-12,18H,3,5,9-10,13H2,1H3,(H,28,30). The predicted molar refractivity (Wildman–Crippen MR) is 112 cm³/mol. The van der Waals surface area contributed by atoms with Crippen LogP contribution in [0.1, 0.15) is 42.0 Å². The van der Waals surface area contributed by atoms with Crippen molar-refractivity contribution in [2.75, 3.05) is 11.9 Å². The van der Waals surface area contributed by atoms with Crippen LogP contribution in [0, 0.1) is 0 Å². The number of rotatable bonds is 3. The van der Waals surface area contributed by atoms with Gasteiger partial charge < -0.3 is 14.8 Å². The number of alkyl halides is 3. The predicted octanol–water partition coefficient (Wildman–Crippen LogP) is 4.93. The monoisotopic (exact) mass is 445 g/mol. The molecule has 5 nitrogen and oxygen atoms in total. The first-order chi connectivity index (χ1) is 15.2. The highest BCUT2D eigenvalue weighted by Crippen LogP contribution is 2.38. The highest BCUT2D eigenvalue weighted by atomic mass is 19.4. The van der Waals surface area contributed by atoms with Crippen LogP contribution in [0.5, 0.6) is 5.75 Å². The normalized spacial score (nSPS) is 18.9. The highest BCUT2D eigenvalue weighted by molar-refractivity contribution is 6.05. The van der Waals surface area contributed by atoms with E-state index in [-0.39, 0.29) is 30.3 Å². The number of halogens is 3. The van der Waals surface area contributed by atoms with Crippen molar-refractivity contribution in [2.24, 2.45) is 0 Å². The van der Waals surface area contributed by atoms with Crippen LogP contribution < -0.4 is 10.1 Å². The van der Waals surface area contributed by atoms with Crippen molar-refractivity contribution in [2.45, 2.75) is 44.9 Å². The van der Waals surface area contributed by atoms with E-state index >= 15 is 0 Å². The number of carbonyl (C=O) groups is 2. The maximum atomic E-state index is 13.1. The van der Waals surface area contributed by atoms with Gasteiger partial charge in [0, 0.05) is 37.1 Å². The van der Waals surface area contributed by atoms with Gasteiger partial charge in [0.05, 0.1) is 12.2 Å². The molecule has 1 aliphatic heterocycles. The van der Waals surface area contributed by atoms with E-state index in [1.165, 1.54) is 19.1 Å². The Morgan fingerprint density at radius 1 is 1.19 bits per heavy atom. The van der Waals surface area contributed by atoms with Gasteiger partial charge in [-0.1, -0.05) is 18.2 Å². The van der Waals surface area contributed by atoms with E-state index < -0.39 is 11.7 Å². The van der Waals surface area contributed by atoms with E-state index in [2.05, 4.69) is 5.32 Å². The van der Waals surface area contributed by atoms with Crippen molar-refractivity contribution in [3.63, 3.8) is 0 Å². The third-order valence-corrected chi connectivity index (χ3v) is 5.55. The molecule has 2 aromatic carbocycles. The van der Waals surface area contributed by atoms with E-state index in [4.69, 9.17) is 9.47 Å². The van der Waals surface area contributed by atoms with Gasteiger partial charge in [0.1, 0.15) is 11.9 Å². The van der Waals surface area contributed by atoms with Gasteiger partial charge in [0.2, 0.25) is 5.91 Å². The van der Waals surface area contributed by atoms with Crippen molar-refractivity contribution in [3.05, 3.63) is 64.7 Å². The van der Waals surface area contributed by atoms with Crippen LogP contribution >= 0.6 is 0 Å². The molecule has 0 saturated heterocycles. The zero-order chi connectivity index (χ0) is 22.9. The van der Waals surface area contributed by atoms with Gasteiger partial charge in [-0.05, 0) is 47.7 Å². The lowest BCUT2D eigenvalue weighted by Crippen LogP contribution is -2.16. The Bertz CT molecular complexity index is 1090. The summed E-state index contributed by atoms with van der Waals surface area (Å²) in [5.74, 6) is -0.598. The summed E-state index contributed by atoms with van der Waals surface area (Å²) >= 11 is 0. The molecule has 2 aromatic rings. The number of hydrogen-bond donors (Lipinski definition) is 1. The van der Waals surface area contributed by atoms with E-state index in [0.29, 0.717) is 42.5 Å². The zero-order valence-corrected chi connectivity index (χ0v) is 17.4. The molecule has 168 valence electrons. The summed E-state index contributed by atoms with van der Waals surface area (Å²) in [6, 6.07) is 8.87. The van der Waals surface area contributed by atoms with E-state index in [1.807, 2.05) is 12.1 Å². The number of benzene rings is 2. The van der Waals surface area contributed by atoms with Gasteiger partial charge in [0.25, 0.3) is 0 Å². The molecule has 8 heteroatoms. The Morgan fingerprint density at radius 3 is 2.75 bits per heavy atom. The van der Waals surface area contributed by atoms with Crippen molar-refractivity contribution >= 4 is 23.1 Å². The van der Waals surface area contributed by atoms with E-state index in [0.717, 1.165) is 23.3 Å². The molecule has 1 aliphatic carbocycles. The lowest BCUT2D eigenvalue weighted by Gasteiger charge is -2.13. The smallest absolute Gasteiger partial charge is 0.416 e. The summed E-state index contributed by atoms with van der Waals surface area (Å²) in [4.78, 5) is 24.1. The molecule has 1 atom stereocenters. The van der Waals surface area contributed by atoms with Crippen LogP contribution in [0.2, 0.25) is 0 Å². The van der Waals surface area contributed by atoms with Gasteiger partial charge in [-0.15, -0.1) is 0 Å². The lowest BCUT2D eigenvalue weighted by molar-refractivity contribution is -0.145. The Hall–Kier alpha value is -3.29. The zero-order valence-electron chi connectivity index (χ0n) is 17.4. The average molecular weight is 445 g/mol. The van der Waals surface area contributed by atoms with Crippen molar-refractivity contribution < 1.29 is 32.2 Å². The SMILES string of the molecule is CC(=O)OC1Cc2cccc(NC(=O)C=C3CCCOc4cc(C(F)(F)F)ccc43)c2C1. The first-order valence-electron chi connectivity index (χ1n) is 10.3. The number of carbonyl (C=O) groups excluding carboxylic acids is 2. The van der Waals surface area contributed by atoms with Gasteiger partial charge >= 0.3 is 12.1 Å². The Balaban J connectivity index is 1.56. The molecule has 1 N–H and O–H groups in total. The molecule has 1 heterocycles. The van der Waals surface area contributed by atoms with Gasteiger partial charge in [-0.2, -0.15) is 13.2 Å². The van der Waals surface area contributed by atoms with Gasteiger partial charge in [0.15, 0.2) is 0 Å². The van der Waals surface area contributed by atoms with Gasteiger partial charge in [-0.25, -0.2) is 0 Å². The molecule has 0 spiro atoms. The van der Waals surface area contributed by atoms with Gasteiger partial charge in [-0.3, -0.25) is 9.59 Å². The second-order valence-corrected chi connectivity index (χ2v) is 7.90. The summed E-state index contributed by atoms with van der Waals surface area (Å²) in [6.07, 6.45) is -1.12. The number of hydrogen-bond acceptors (Lipinski definition) is 4. The fourth-order valence-corrected chi connectivity index (χ4v) is 4.19. The minimum atomic E-state index is -4.47. The minimum absolute atomic E-state index is 0.126. The molecule has 0 bridgehead atoms. The second kappa shape index (κ2) is 8.68. The molecule has 32 heavy (non-hydrogen) atoms. The summed E-state index contributed by atoms with van der Waals surface area (Å²) in [6.45, 7) is 1.64.